The number of amides is 2. The Labute approximate surface area is 119 Å². The number of nitrogens with one attached hydrogen (secondary N) is 2. The van der Waals surface area contributed by atoms with Crippen LogP contribution in [0.4, 0.5) is 4.79 Å². The third-order valence-electron chi connectivity index (χ3n) is 5.95. The minimum atomic E-state index is 0.0298. The van der Waals surface area contributed by atoms with Crippen molar-refractivity contribution < 1.29 is 14.3 Å². The van der Waals surface area contributed by atoms with Gasteiger partial charge in [0.15, 0.2) is 0 Å². The Morgan fingerprint density at radius 1 is 1.00 bits per heavy atom. The highest BCUT2D eigenvalue weighted by molar-refractivity contribution is 5.75. The van der Waals surface area contributed by atoms with Crippen LogP contribution >= 0.6 is 0 Å². The van der Waals surface area contributed by atoms with E-state index in [0.717, 1.165) is 45.7 Å². The van der Waals surface area contributed by atoms with Crippen LogP contribution in [0.25, 0.3) is 0 Å². The molecule has 2 aliphatic heterocycles. The van der Waals surface area contributed by atoms with Gasteiger partial charge in [-0.2, -0.15) is 0 Å². The zero-order valence-electron chi connectivity index (χ0n) is 11.9. The zero-order chi connectivity index (χ0) is 13.6. The lowest BCUT2D eigenvalue weighted by molar-refractivity contribution is 0.00619. The zero-order valence-corrected chi connectivity index (χ0v) is 11.9. The lowest BCUT2D eigenvalue weighted by Crippen LogP contribution is -2.51. The van der Waals surface area contributed by atoms with Crippen molar-refractivity contribution in [2.45, 2.75) is 44.2 Å². The molecule has 2 amide bonds. The van der Waals surface area contributed by atoms with Crippen LogP contribution in [-0.2, 0) is 9.47 Å². The Bertz CT molecular complexity index is 385. The molecule has 4 aliphatic rings. The van der Waals surface area contributed by atoms with Crippen LogP contribution in [0, 0.1) is 17.3 Å². The Morgan fingerprint density at radius 2 is 1.75 bits per heavy atom. The Hall–Kier alpha value is -0.810. The van der Waals surface area contributed by atoms with Crippen LogP contribution in [0.2, 0.25) is 0 Å². The van der Waals surface area contributed by atoms with Gasteiger partial charge in [0, 0.05) is 37.1 Å². The molecule has 2 heterocycles. The van der Waals surface area contributed by atoms with Gasteiger partial charge in [-0.15, -0.1) is 0 Å². The summed E-state index contributed by atoms with van der Waals surface area (Å²) in [5.74, 6) is 1.14. The maximum Gasteiger partial charge on any atom is 0.315 e. The first-order chi connectivity index (χ1) is 9.78. The molecule has 0 bridgehead atoms. The summed E-state index contributed by atoms with van der Waals surface area (Å²) in [6.45, 7) is 3.34. The molecular weight excluding hydrogens is 256 g/mol. The number of carbonyl (C=O) groups excluding carboxylic acids is 1. The number of hydrogen-bond acceptors (Lipinski definition) is 3. The summed E-state index contributed by atoms with van der Waals surface area (Å²) >= 11 is 0. The van der Waals surface area contributed by atoms with E-state index in [0.29, 0.717) is 29.3 Å². The molecule has 20 heavy (non-hydrogen) atoms. The highest BCUT2D eigenvalue weighted by Crippen LogP contribution is 2.46. The summed E-state index contributed by atoms with van der Waals surface area (Å²) in [4.78, 5) is 12.2. The van der Waals surface area contributed by atoms with Crippen molar-refractivity contribution in [1.29, 1.82) is 0 Å². The quantitative estimate of drug-likeness (QED) is 0.801. The van der Waals surface area contributed by atoms with Crippen LogP contribution < -0.4 is 10.6 Å². The largest absolute Gasteiger partial charge is 0.381 e. The summed E-state index contributed by atoms with van der Waals surface area (Å²) in [6, 6.07) is 0.721. The number of urea groups is 1. The second-order valence-corrected chi connectivity index (χ2v) is 6.93. The first-order valence-corrected chi connectivity index (χ1v) is 8.01. The highest BCUT2D eigenvalue weighted by atomic mass is 16.5. The van der Waals surface area contributed by atoms with Crippen molar-refractivity contribution in [1.82, 2.24) is 10.6 Å². The Morgan fingerprint density at radius 3 is 2.50 bits per heavy atom. The van der Waals surface area contributed by atoms with E-state index in [1.165, 1.54) is 12.8 Å². The molecule has 2 saturated carbocycles. The van der Waals surface area contributed by atoms with E-state index in [1.54, 1.807) is 0 Å². The van der Waals surface area contributed by atoms with Gasteiger partial charge in [-0.25, -0.2) is 4.79 Å². The first-order valence-electron chi connectivity index (χ1n) is 8.01. The molecule has 112 valence electrons. The van der Waals surface area contributed by atoms with Gasteiger partial charge in [0.2, 0.25) is 0 Å². The van der Waals surface area contributed by atoms with Gasteiger partial charge in [0.1, 0.15) is 0 Å². The average molecular weight is 280 g/mol. The molecule has 0 aromatic carbocycles. The molecule has 0 aromatic heterocycles. The van der Waals surface area contributed by atoms with E-state index < -0.39 is 0 Å². The second kappa shape index (κ2) is 4.88. The second-order valence-electron chi connectivity index (χ2n) is 6.93. The summed E-state index contributed by atoms with van der Waals surface area (Å²) < 4.78 is 10.8. The SMILES string of the molecule is O=C(NC1[C@H]2COC[C@@H]12)NC1CCCC12CCOCC2. The van der Waals surface area contributed by atoms with Crippen LogP contribution in [0.3, 0.4) is 0 Å². The minimum Gasteiger partial charge on any atom is -0.381 e. The van der Waals surface area contributed by atoms with E-state index in [-0.39, 0.29) is 6.03 Å². The van der Waals surface area contributed by atoms with E-state index in [9.17, 15) is 4.79 Å². The van der Waals surface area contributed by atoms with Gasteiger partial charge in [-0.3, -0.25) is 0 Å². The smallest absolute Gasteiger partial charge is 0.315 e. The summed E-state index contributed by atoms with van der Waals surface area (Å²) in [6.07, 6.45) is 5.78. The van der Waals surface area contributed by atoms with Gasteiger partial charge in [0.05, 0.1) is 13.2 Å². The lowest BCUT2D eigenvalue weighted by atomic mass is 9.75. The summed E-state index contributed by atoms with van der Waals surface area (Å²) in [5, 5.41) is 6.40. The maximum absolute atomic E-state index is 12.2. The van der Waals surface area contributed by atoms with Gasteiger partial charge in [-0.1, -0.05) is 6.42 Å². The van der Waals surface area contributed by atoms with Gasteiger partial charge < -0.3 is 20.1 Å². The molecule has 4 fully saturated rings. The fourth-order valence-corrected chi connectivity index (χ4v) is 4.55. The normalized spacial score (nSPS) is 41.4. The van der Waals surface area contributed by atoms with Crippen molar-refractivity contribution in [3.63, 3.8) is 0 Å². The Kier molecular flexibility index (Phi) is 3.15. The molecular formula is C15H24N2O3. The van der Waals surface area contributed by atoms with Gasteiger partial charge >= 0.3 is 6.03 Å². The predicted octanol–water partition coefficient (Wildman–Crippen LogP) is 1.28. The molecule has 5 nitrogen and oxygen atoms in total. The fourth-order valence-electron chi connectivity index (χ4n) is 4.55. The van der Waals surface area contributed by atoms with Crippen LogP contribution in [0.15, 0.2) is 0 Å². The predicted molar refractivity (Wildman–Crippen MR) is 73.4 cm³/mol. The molecule has 2 N–H and O–H groups in total. The minimum absolute atomic E-state index is 0.0298. The molecule has 0 radical (unpaired) electrons. The first kappa shape index (κ1) is 12.9. The van der Waals surface area contributed by atoms with Crippen LogP contribution in [0.5, 0.6) is 0 Å². The highest BCUT2D eigenvalue weighted by Gasteiger charge is 2.55. The third kappa shape index (κ3) is 2.11. The average Bonchev–Trinajstić information content (AvgIpc) is 2.83. The van der Waals surface area contributed by atoms with Crippen molar-refractivity contribution >= 4 is 6.03 Å². The fraction of sp³-hybridized carbons (Fsp3) is 0.933. The number of rotatable bonds is 2. The monoisotopic (exact) mass is 280 g/mol. The number of hydrogen-bond donors (Lipinski definition) is 2. The molecule has 0 aromatic rings. The number of carbonyl (C=O) groups is 1. The van der Waals surface area contributed by atoms with Crippen molar-refractivity contribution in [3.05, 3.63) is 0 Å². The van der Waals surface area contributed by atoms with Gasteiger partial charge in [0.25, 0.3) is 0 Å². The van der Waals surface area contributed by atoms with Crippen molar-refractivity contribution in [2.24, 2.45) is 17.3 Å². The molecule has 2 aliphatic carbocycles. The van der Waals surface area contributed by atoms with Crippen LogP contribution in [-0.4, -0.2) is 44.5 Å². The van der Waals surface area contributed by atoms with Gasteiger partial charge in [-0.05, 0) is 31.1 Å². The topological polar surface area (TPSA) is 59.6 Å². The molecule has 4 rings (SSSR count). The molecule has 4 atom stereocenters. The molecule has 1 spiro atoms. The molecule has 2 unspecified atom stereocenters. The standard InChI is InChI=1S/C15H24N2O3/c18-14(17-13-10-8-20-9-11(10)13)16-12-2-1-3-15(12)4-6-19-7-5-15/h10-13H,1-9H2,(H2,16,17,18)/t10-,11+,12?,13?. The molecule has 2 saturated heterocycles. The Balaban J connectivity index is 1.32. The summed E-state index contributed by atoms with van der Waals surface area (Å²) in [5.41, 5.74) is 0.304. The van der Waals surface area contributed by atoms with E-state index in [4.69, 9.17) is 9.47 Å². The van der Waals surface area contributed by atoms with E-state index in [2.05, 4.69) is 10.6 Å². The third-order valence-corrected chi connectivity index (χ3v) is 5.95. The maximum atomic E-state index is 12.2. The van der Waals surface area contributed by atoms with Crippen molar-refractivity contribution in [3.8, 4) is 0 Å². The van der Waals surface area contributed by atoms with E-state index in [1.807, 2.05) is 0 Å². The number of ether oxygens (including phenoxy) is 2. The van der Waals surface area contributed by atoms with Crippen molar-refractivity contribution in [2.75, 3.05) is 26.4 Å². The van der Waals surface area contributed by atoms with E-state index >= 15 is 0 Å². The number of fused-ring (bicyclic) bond motifs is 1. The van der Waals surface area contributed by atoms with Crippen LogP contribution in [0.1, 0.15) is 32.1 Å². The summed E-state index contributed by atoms with van der Waals surface area (Å²) in [7, 11) is 0. The lowest BCUT2D eigenvalue weighted by Gasteiger charge is -2.39. The molecule has 5 heteroatoms.